The maximum atomic E-state index is 11.8. The molecule has 2 aromatic heterocycles. The minimum absolute atomic E-state index is 0.145. The van der Waals surface area contributed by atoms with Crippen molar-refractivity contribution in [3.8, 4) is 0 Å². The summed E-state index contributed by atoms with van der Waals surface area (Å²) in [5.74, 6) is 0.219. The quantitative estimate of drug-likeness (QED) is 0.845. The molecular formula is C12H13N3O2. The fraction of sp³-hybridized carbons (Fsp3) is 0.333. The Bertz CT molecular complexity index is 516. The van der Waals surface area contributed by atoms with Crippen molar-refractivity contribution in [1.29, 1.82) is 0 Å². The van der Waals surface area contributed by atoms with Crippen molar-refractivity contribution in [2.24, 2.45) is 0 Å². The maximum absolute atomic E-state index is 11.8. The molecule has 5 nitrogen and oxygen atoms in total. The summed E-state index contributed by atoms with van der Waals surface area (Å²) in [6.07, 6.45) is 6.94. The number of hydrogen-bond donors (Lipinski definition) is 1. The zero-order valence-corrected chi connectivity index (χ0v) is 9.30. The molecule has 1 aliphatic heterocycles. The lowest BCUT2D eigenvalue weighted by molar-refractivity contribution is 0.0903. The Hall–Kier alpha value is -2.04. The fourth-order valence-electron chi connectivity index (χ4n) is 2.16. The zero-order chi connectivity index (χ0) is 11.7. The number of hydrogen-bond acceptors (Lipinski definition) is 3. The van der Waals surface area contributed by atoms with Crippen molar-refractivity contribution in [2.75, 3.05) is 0 Å². The number of amides is 1. The second kappa shape index (κ2) is 4.08. The van der Waals surface area contributed by atoms with Crippen molar-refractivity contribution in [1.82, 2.24) is 14.9 Å². The lowest BCUT2D eigenvalue weighted by Gasteiger charge is -2.24. The van der Waals surface area contributed by atoms with Crippen LogP contribution < -0.4 is 5.32 Å². The van der Waals surface area contributed by atoms with Gasteiger partial charge in [-0.2, -0.15) is 0 Å². The van der Waals surface area contributed by atoms with Gasteiger partial charge in [-0.15, -0.1) is 0 Å². The Labute approximate surface area is 98.5 Å². The Morgan fingerprint density at radius 3 is 3.35 bits per heavy atom. The molecule has 2 aromatic rings. The molecule has 17 heavy (non-hydrogen) atoms. The molecule has 0 saturated carbocycles. The molecule has 0 aromatic carbocycles. The summed E-state index contributed by atoms with van der Waals surface area (Å²) >= 11 is 0. The molecule has 1 unspecified atom stereocenters. The van der Waals surface area contributed by atoms with Crippen LogP contribution in [0, 0.1) is 0 Å². The van der Waals surface area contributed by atoms with Crippen molar-refractivity contribution >= 4 is 5.91 Å². The fourth-order valence-corrected chi connectivity index (χ4v) is 2.16. The van der Waals surface area contributed by atoms with Crippen LogP contribution in [0.1, 0.15) is 22.7 Å². The van der Waals surface area contributed by atoms with Gasteiger partial charge in [-0.25, -0.2) is 4.98 Å². The van der Waals surface area contributed by atoms with Crippen LogP contribution in [0.3, 0.4) is 0 Å². The first kappa shape index (κ1) is 10.1. The number of carbonyl (C=O) groups is 1. The van der Waals surface area contributed by atoms with E-state index in [0.29, 0.717) is 5.76 Å². The average molecular weight is 231 g/mol. The van der Waals surface area contributed by atoms with Gasteiger partial charge in [0.2, 0.25) is 0 Å². The molecular weight excluding hydrogens is 218 g/mol. The highest BCUT2D eigenvalue weighted by Gasteiger charge is 2.21. The predicted octanol–water partition coefficient (Wildman–Crippen LogP) is 1.22. The number of aryl methyl sites for hydroxylation is 1. The lowest BCUT2D eigenvalue weighted by Crippen LogP contribution is -2.39. The molecule has 1 N–H and O–H groups in total. The van der Waals surface area contributed by atoms with Crippen LogP contribution in [0.2, 0.25) is 0 Å². The molecule has 0 fully saturated rings. The van der Waals surface area contributed by atoms with Crippen LogP contribution >= 0.6 is 0 Å². The molecule has 0 bridgehead atoms. The van der Waals surface area contributed by atoms with Gasteiger partial charge >= 0.3 is 0 Å². The number of fused-ring (bicyclic) bond motifs is 1. The van der Waals surface area contributed by atoms with E-state index in [1.54, 1.807) is 12.1 Å². The normalized spacial score (nSPS) is 18.7. The van der Waals surface area contributed by atoms with Crippen molar-refractivity contribution in [2.45, 2.75) is 25.4 Å². The third-order valence-corrected chi connectivity index (χ3v) is 3.05. The van der Waals surface area contributed by atoms with Gasteiger partial charge < -0.3 is 14.3 Å². The van der Waals surface area contributed by atoms with E-state index in [0.717, 1.165) is 19.4 Å². The van der Waals surface area contributed by atoms with Gasteiger partial charge in [0.15, 0.2) is 5.76 Å². The Morgan fingerprint density at radius 1 is 1.59 bits per heavy atom. The third-order valence-electron chi connectivity index (χ3n) is 3.05. The van der Waals surface area contributed by atoms with E-state index in [-0.39, 0.29) is 11.9 Å². The average Bonchev–Trinajstić information content (AvgIpc) is 2.99. The van der Waals surface area contributed by atoms with Gasteiger partial charge in [0, 0.05) is 30.9 Å². The Morgan fingerprint density at radius 2 is 2.53 bits per heavy atom. The zero-order valence-electron chi connectivity index (χ0n) is 9.30. The molecule has 0 saturated heterocycles. The van der Waals surface area contributed by atoms with E-state index in [1.807, 2.05) is 12.5 Å². The molecule has 1 atom stereocenters. The summed E-state index contributed by atoms with van der Waals surface area (Å²) in [4.78, 5) is 15.9. The topological polar surface area (TPSA) is 60.1 Å². The molecule has 3 heterocycles. The second-order valence-corrected chi connectivity index (χ2v) is 4.22. The molecule has 88 valence electrons. The van der Waals surface area contributed by atoms with Crippen molar-refractivity contribution in [3.05, 3.63) is 42.4 Å². The summed E-state index contributed by atoms with van der Waals surface area (Å²) in [5, 5.41) is 2.98. The first-order valence-corrected chi connectivity index (χ1v) is 5.66. The number of nitrogens with zero attached hydrogens (tertiary/aromatic N) is 2. The van der Waals surface area contributed by atoms with Gasteiger partial charge in [0.05, 0.1) is 12.6 Å². The largest absolute Gasteiger partial charge is 0.459 e. The molecule has 3 rings (SSSR count). The van der Waals surface area contributed by atoms with Crippen LogP contribution in [-0.2, 0) is 13.0 Å². The summed E-state index contributed by atoms with van der Waals surface area (Å²) in [6.45, 7) is 0.901. The van der Waals surface area contributed by atoms with E-state index in [2.05, 4.69) is 14.9 Å². The SMILES string of the molecule is O=C(NC1CCn2cncc2C1)c1ccco1. The highest BCUT2D eigenvalue weighted by Crippen LogP contribution is 2.14. The number of nitrogens with one attached hydrogen (secondary N) is 1. The number of furan rings is 1. The standard InChI is InChI=1S/C12H13N3O2/c16-12(11-2-1-5-17-11)14-9-3-4-15-8-13-7-10(15)6-9/h1-2,5,7-9H,3-4,6H2,(H,14,16). The van der Waals surface area contributed by atoms with Crippen molar-refractivity contribution in [3.63, 3.8) is 0 Å². The summed E-state index contributed by atoms with van der Waals surface area (Å²) in [5.41, 5.74) is 1.17. The number of imidazole rings is 1. The molecule has 5 heteroatoms. The first-order valence-electron chi connectivity index (χ1n) is 5.66. The van der Waals surface area contributed by atoms with Gasteiger partial charge in [-0.3, -0.25) is 4.79 Å². The van der Waals surface area contributed by atoms with E-state index in [9.17, 15) is 4.79 Å². The first-order chi connectivity index (χ1) is 8.33. The Balaban J connectivity index is 1.66. The predicted molar refractivity (Wildman–Crippen MR) is 60.5 cm³/mol. The van der Waals surface area contributed by atoms with Crippen LogP contribution in [0.5, 0.6) is 0 Å². The molecule has 0 spiro atoms. The van der Waals surface area contributed by atoms with Crippen LogP contribution in [0.4, 0.5) is 0 Å². The van der Waals surface area contributed by atoms with Crippen LogP contribution in [-0.4, -0.2) is 21.5 Å². The third kappa shape index (κ3) is 1.95. The minimum Gasteiger partial charge on any atom is -0.459 e. The molecule has 0 aliphatic carbocycles. The molecule has 1 aliphatic rings. The lowest BCUT2D eigenvalue weighted by atomic mass is 10.0. The molecule has 0 radical (unpaired) electrons. The maximum Gasteiger partial charge on any atom is 0.287 e. The van der Waals surface area contributed by atoms with Gasteiger partial charge in [0.25, 0.3) is 5.91 Å². The van der Waals surface area contributed by atoms with Crippen molar-refractivity contribution < 1.29 is 9.21 Å². The van der Waals surface area contributed by atoms with Gasteiger partial charge in [-0.05, 0) is 18.6 Å². The summed E-state index contributed by atoms with van der Waals surface area (Å²) < 4.78 is 7.18. The van der Waals surface area contributed by atoms with Gasteiger partial charge in [-0.1, -0.05) is 0 Å². The van der Waals surface area contributed by atoms with Crippen LogP contribution in [0.15, 0.2) is 35.3 Å². The van der Waals surface area contributed by atoms with E-state index < -0.39 is 0 Å². The monoisotopic (exact) mass is 231 g/mol. The highest BCUT2D eigenvalue weighted by molar-refractivity contribution is 5.91. The Kier molecular flexibility index (Phi) is 2.44. The summed E-state index contributed by atoms with van der Waals surface area (Å²) in [7, 11) is 0. The number of rotatable bonds is 2. The summed E-state index contributed by atoms with van der Waals surface area (Å²) in [6, 6.07) is 3.55. The van der Waals surface area contributed by atoms with E-state index in [4.69, 9.17) is 4.42 Å². The van der Waals surface area contributed by atoms with E-state index in [1.165, 1.54) is 12.0 Å². The minimum atomic E-state index is -0.145. The highest BCUT2D eigenvalue weighted by atomic mass is 16.3. The molecule has 1 amide bonds. The second-order valence-electron chi connectivity index (χ2n) is 4.22. The van der Waals surface area contributed by atoms with E-state index >= 15 is 0 Å². The van der Waals surface area contributed by atoms with Gasteiger partial charge in [0.1, 0.15) is 0 Å². The number of aromatic nitrogens is 2. The van der Waals surface area contributed by atoms with Crippen LogP contribution in [0.25, 0.3) is 0 Å². The smallest absolute Gasteiger partial charge is 0.287 e. The number of carbonyl (C=O) groups excluding carboxylic acids is 1.